The number of halogens is 4. The van der Waals surface area contributed by atoms with E-state index in [-0.39, 0.29) is 24.4 Å². The molecule has 1 heterocycles. The zero-order valence-electron chi connectivity index (χ0n) is 10.8. The van der Waals surface area contributed by atoms with Crippen LogP contribution in [0.1, 0.15) is 12.0 Å². The van der Waals surface area contributed by atoms with Crippen molar-refractivity contribution >= 4 is 5.97 Å². The lowest BCUT2D eigenvalue weighted by molar-refractivity contribution is -0.227. The van der Waals surface area contributed by atoms with E-state index < -0.39 is 36.3 Å². The quantitative estimate of drug-likeness (QED) is 0.842. The molecule has 1 aliphatic heterocycles. The number of phenolic OH excluding ortho intramolecular Hbond substituents is 1. The fourth-order valence-corrected chi connectivity index (χ4v) is 2.53. The number of benzene rings is 1. The maximum atomic E-state index is 13.1. The van der Waals surface area contributed by atoms with Crippen molar-refractivity contribution in [2.24, 2.45) is 5.41 Å². The smallest absolute Gasteiger partial charge is 0.406 e. The second-order valence-electron chi connectivity index (χ2n) is 5.16. The first-order valence-electron chi connectivity index (χ1n) is 6.15. The summed E-state index contributed by atoms with van der Waals surface area (Å²) in [5.41, 5.74) is -2.50. The number of carbonyl (C=O) groups is 1. The molecule has 2 rings (SSSR count). The number of phenols is 1. The van der Waals surface area contributed by atoms with E-state index in [0.717, 1.165) is 12.1 Å². The highest BCUT2D eigenvalue weighted by atomic mass is 19.4. The summed E-state index contributed by atoms with van der Waals surface area (Å²) in [7, 11) is 0. The second-order valence-corrected chi connectivity index (χ2v) is 5.16. The third-order valence-corrected chi connectivity index (χ3v) is 3.65. The Morgan fingerprint density at radius 3 is 2.48 bits per heavy atom. The van der Waals surface area contributed by atoms with Crippen molar-refractivity contribution in [1.29, 1.82) is 0 Å². The third kappa shape index (κ3) is 2.94. The summed E-state index contributed by atoms with van der Waals surface area (Å²) in [6, 6.07) is 3.20. The van der Waals surface area contributed by atoms with Crippen molar-refractivity contribution < 1.29 is 32.6 Å². The molecule has 0 aliphatic carbocycles. The number of aliphatic carboxylic acids is 1. The SMILES string of the molecule is O=C(O)C1(C(F)(F)F)CCN(Cc2cc(O)cc(F)c2)C1. The fraction of sp³-hybridized carbons (Fsp3) is 0.462. The lowest BCUT2D eigenvalue weighted by Gasteiger charge is -2.27. The van der Waals surface area contributed by atoms with Gasteiger partial charge >= 0.3 is 12.1 Å². The number of alkyl halides is 3. The Morgan fingerprint density at radius 2 is 2.00 bits per heavy atom. The maximum absolute atomic E-state index is 13.1. The summed E-state index contributed by atoms with van der Waals surface area (Å²) in [5.74, 6) is -2.94. The van der Waals surface area contributed by atoms with Gasteiger partial charge in [-0.25, -0.2) is 4.39 Å². The van der Waals surface area contributed by atoms with Crippen LogP contribution in [0.15, 0.2) is 18.2 Å². The van der Waals surface area contributed by atoms with E-state index in [2.05, 4.69) is 0 Å². The first-order valence-corrected chi connectivity index (χ1v) is 6.15. The van der Waals surface area contributed by atoms with Gasteiger partial charge in [0.15, 0.2) is 5.41 Å². The number of rotatable bonds is 3. The van der Waals surface area contributed by atoms with E-state index in [1.807, 2.05) is 0 Å². The lowest BCUT2D eigenvalue weighted by Crippen LogP contribution is -2.47. The van der Waals surface area contributed by atoms with Crippen molar-refractivity contribution in [2.45, 2.75) is 19.1 Å². The Hall–Kier alpha value is -1.83. The van der Waals surface area contributed by atoms with E-state index >= 15 is 0 Å². The molecule has 1 aromatic carbocycles. The van der Waals surface area contributed by atoms with Crippen molar-refractivity contribution in [2.75, 3.05) is 13.1 Å². The van der Waals surface area contributed by atoms with Gasteiger partial charge in [0.05, 0.1) is 0 Å². The van der Waals surface area contributed by atoms with E-state index in [0.29, 0.717) is 0 Å². The van der Waals surface area contributed by atoms with Crippen LogP contribution in [-0.2, 0) is 11.3 Å². The number of hydrogen-bond donors (Lipinski definition) is 2. The Kier molecular flexibility index (Phi) is 3.83. The highest BCUT2D eigenvalue weighted by Crippen LogP contribution is 2.46. The standard InChI is InChI=1S/C13H13F4NO3/c14-9-3-8(4-10(19)5-9)6-18-2-1-12(7-18,11(20)21)13(15,16)17/h3-5,19H,1-2,6-7H2,(H,20,21). The first kappa shape index (κ1) is 15.6. The summed E-state index contributed by atoms with van der Waals surface area (Å²) < 4.78 is 52.1. The molecule has 1 unspecified atom stereocenters. The van der Waals surface area contributed by atoms with Gasteiger partial charge in [-0.2, -0.15) is 13.2 Å². The van der Waals surface area contributed by atoms with E-state index in [9.17, 15) is 27.5 Å². The van der Waals surface area contributed by atoms with Crippen molar-refractivity contribution in [3.8, 4) is 5.75 Å². The normalized spacial score (nSPS) is 23.4. The molecule has 4 nitrogen and oxygen atoms in total. The molecule has 0 saturated carbocycles. The minimum absolute atomic E-state index is 0.0591. The maximum Gasteiger partial charge on any atom is 0.406 e. The molecule has 0 radical (unpaired) electrons. The molecule has 1 aliphatic rings. The molecule has 1 saturated heterocycles. The topological polar surface area (TPSA) is 60.8 Å². The van der Waals surface area contributed by atoms with Gasteiger partial charge in [0.1, 0.15) is 11.6 Å². The molecule has 1 aromatic rings. The highest BCUT2D eigenvalue weighted by Gasteiger charge is 2.63. The number of aromatic hydroxyl groups is 1. The Balaban J connectivity index is 2.16. The molecule has 8 heteroatoms. The van der Waals surface area contributed by atoms with E-state index in [1.165, 1.54) is 11.0 Å². The van der Waals surface area contributed by atoms with Gasteiger partial charge < -0.3 is 10.2 Å². The zero-order valence-corrected chi connectivity index (χ0v) is 10.8. The van der Waals surface area contributed by atoms with Gasteiger partial charge in [-0.15, -0.1) is 0 Å². The molecule has 1 atom stereocenters. The van der Waals surface area contributed by atoms with Crippen molar-refractivity contribution in [3.05, 3.63) is 29.6 Å². The predicted octanol–water partition coefficient (Wildman–Crippen LogP) is 2.37. The molecule has 0 bridgehead atoms. The highest BCUT2D eigenvalue weighted by molar-refractivity contribution is 5.76. The molecular formula is C13H13F4NO3. The summed E-state index contributed by atoms with van der Waals surface area (Å²) in [6.45, 7) is -0.817. The largest absolute Gasteiger partial charge is 0.508 e. The molecule has 1 fully saturated rings. The lowest BCUT2D eigenvalue weighted by atomic mass is 9.86. The van der Waals surface area contributed by atoms with Gasteiger partial charge in [0, 0.05) is 25.7 Å². The fourth-order valence-electron chi connectivity index (χ4n) is 2.53. The predicted molar refractivity (Wildman–Crippen MR) is 64.1 cm³/mol. The Bertz CT molecular complexity index is 541. The molecule has 2 N–H and O–H groups in total. The summed E-state index contributed by atoms with van der Waals surface area (Å²) in [4.78, 5) is 12.3. The Labute approximate surface area is 117 Å². The number of carboxylic acid groups (broad SMARTS) is 1. The van der Waals surface area contributed by atoms with Crippen molar-refractivity contribution in [1.82, 2.24) is 4.90 Å². The van der Waals surface area contributed by atoms with Crippen LogP contribution >= 0.6 is 0 Å². The van der Waals surface area contributed by atoms with Crippen molar-refractivity contribution in [3.63, 3.8) is 0 Å². The van der Waals surface area contributed by atoms with Crippen LogP contribution in [0.25, 0.3) is 0 Å². The van der Waals surface area contributed by atoms with Crippen LogP contribution in [0.5, 0.6) is 5.75 Å². The number of hydrogen-bond acceptors (Lipinski definition) is 3. The van der Waals surface area contributed by atoms with Crippen LogP contribution in [-0.4, -0.2) is 40.3 Å². The van der Waals surface area contributed by atoms with Crippen LogP contribution in [0.4, 0.5) is 17.6 Å². The number of nitrogens with zero attached hydrogens (tertiary/aromatic N) is 1. The van der Waals surface area contributed by atoms with Gasteiger partial charge in [-0.1, -0.05) is 0 Å². The first-order chi connectivity index (χ1) is 9.64. The molecule has 21 heavy (non-hydrogen) atoms. The van der Waals surface area contributed by atoms with E-state index in [4.69, 9.17) is 5.11 Å². The minimum Gasteiger partial charge on any atom is -0.508 e. The summed E-state index contributed by atoms with van der Waals surface area (Å²) in [6.07, 6.45) is -5.40. The van der Waals surface area contributed by atoms with E-state index in [1.54, 1.807) is 0 Å². The van der Waals surface area contributed by atoms with Crippen LogP contribution < -0.4 is 0 Å². The van der Waals surface area contributed by atoms with Crippen LogP contribution in [0, 0.1) is 11.2 Å². The average Bonchev–Trinajstić information content (AvgIpc) is 2.72. The minimum atomic E-state index is -4.85. The number of carboxylic acids is 1. The number of likely N-dealkylation sites (tertiary alicyclic amines) is 1. The summed E-state index contributed by atoms with van der Waals surface area (Å²) in [5, 5.41) is 18.2. The molecule has 0 spiro atoms. The monoisotopic (exact) mass is 307 g/mol. The molecule has 116 valence electrons. The molecular weight excluding hydrogens is 294 g/mol. The van der Waals surface area contributed by atoms with Gasteiger partial charge in [0.2, 0.25) is 0 Å². The van der Waals surface area contributed by atoms with Gasteiger partial charge in [-0.3, -0.25) is 9.69 Å². The zero-order chi connectivity index (χ0) is 15.8. The second kappa shape index (κ2) is 5.18. The average molecular weight is 307 g/mol. The van der Waals surface area contributed by atoms with Gasteiger partial charge in [-0.05, 0) is 24.1 Å². The molecule has 0 aromatic heterocycles. The van der Waals surface area contributed by atoms with Crippen LogP contribution in [0.3, 0.4) is 0 Å². The third-order valence-electron chi connectivity index (χ3n) is 3.65. The van der Waals surface area contributed by atoms with Crippen LogP contribution in [0.2, 0.25) is 0 Å². The Morgan fingerprint density at radius 1 is 1.33 bits per heavy atom. The molecule has 0 amide bonds. The van der Waals surface area contributed by atoms with Gasteiger partial charge in [0.25, 0.3) is 0 Å². The summed E-state index contributed by atoms with van der Waals surface area (Å²) >= 11 is 0.